The maximum absolute atomic E-state index is 13.4. The summed E-state index contributed by atoms with van der Waals surface area (Å²) >= 11 is 0. The van der Waals surface area contributed by atoms with Crippen molar-refractivity contribution in [3.63, 3.8) is 0 Å². The minimum Gasteiger partial charge on any atom is -0.255 e. The lowest BCUT2D eigenvalue weighted by atomic mass is 10.1. The quantitative estimate of drug-likeness (QED) is 0.412. The molecule has 7 heteroatoms. The Hall–Kier alpha value is -0.720. The van der Waals surface area contributed by atoms with E-state index in [1.54, 1.807) is 0 Å². The fraction of sp³-hybridized carbons (Fsp3) is 0.875. The van der Waals surface area contributed by atoms with Crippen molar-refractivity contribution in [2.75, 3.05) is 13.1 Å². The first kappa shape index (κ1) is 12.4. The summed E-state index contributed by atoms with van der Waals surface area (Å²) in [5.74, 6) is -4.46. The molecule has 15 heavy (non-hydrogen) atoms. The first-order chi connectivity index (χ1) is 6.80. The molecule has 1 rings (SSSR count). The molecule has 0 aromatic rings. The smallest absolute Gasteiger partial charge is 0.255 e. The average molecular weight is 231 g/mol. The average Bonchev–Trinajstić information content (AvgIpc) is 2.16. The molecule has 1 unspecified atom stereocenters. The van der Waals surface area contributed by atoms with Gasteiger partial charge in [0.1, 0.15) is 0 Å². The van der Waals surface area contributed by atoms with E-state index in [1.807, 2.05) is 0 Å². The van der Waals surface area contributed by atoms with Gasteiger partial charge in [-0.05, 0) is 12.8 Å². The Balaban J connectivity index is 2.94. The van der Waals surface area contributed by atoms with Crippen LogP contribution in [0.1, 0.15) is 19.3 Å². The van der Waals surface area contributed by atoms with Crippen LogP contribution in [0.4, 0.5) is 22.0 Å². The second-order valence-corrected chi connectivity index (χ2v) is 3.44. The highest BCUT2D eigenvalue weighted by Crippen LogP contribution is 2.39. The third kappa shape index (κ3) is 2.11. The van der Waals surface area contributed by atoms with Gasteiger partial charge in [0, 0.05) is 13.1 Å². The maximum Gasteiger partial charge on any atom is 0.447 e. The van der Waals surface area contributed by atoms with E-state index < -0.39 is 18.0 Å². The molecule has 0 aromatic carbocycles. The van der Waals surface area contributed by atoms with Crippen molar-refractivity contribution in [1.82, 2.24) is 4.90 Å². The standard InChI is InChI=1S/C8H10F5NO/c9-6(15)7(10,8(11,12)13)14-4-2-1-3-5-14/h1-5H2. The van der Waals surface area contributed by atoms with Crippen LogP contribution in [-0.2, 0) is 4.79 Å². The molecule has 1 saturated heterocycles. The van der Waals surface area contributed by atoms with Crippen LogP contribution in [0, 0.1) is 0 Å². The van der Waals surface area contributed by atoms with Gasteiger partial charge < -0.3 is 0 Å². The first-order valence-electron chi connectivity index (χ1n) is 4.51. The van der Waals surface area contributed by atoms with Gasteiger partial charge in [0.2, 0.25) is 0 Å². The number of rotatable bonds is 2. The van der Waals surface area contributed by atoms with Crippen molar-refractivity contribution in [2.24, 2.45) is 0 Å². The van der Waals surface area contributed by atoms with Crippen molar-refractivity contribution >= 4 is 6.04 Å². The molecule has 1 aliphatic rings. The summed E-state index contributed by atoms with van der Waals surface area (Å²) in [5.41, 5.74) is 0. The van der Waals surface area contributed by atoms with E-state index in [-0.39, 0.29) is 18.0 Å². The number of hydrogen-bond acceptors (Lipinski definition) is 2. The molecule has 2 nitrogen and oxygen atoms in total. The number of likely N-dealkylation sites (tertiary alicyclic amines) is 1. The van der Waals surface area contributed by atoms with Crippen molar-refractivity contribution in [3.8, 4) is 0 Å². The van der Waals surface area contributed by atoms with Gasteiger partial charge in [-0.15, -0.1) is 0 Å². The van der Waals surface area contributed by atoms with E-state index in [0.29, 0.717) is 19.3 Å². The zero-order valence-electron chi connectivity index (χ0n) is 7.78. The third-order valence-electron chi connectivity index (χ3n) is 2.43. The topological polar surface area (TPSA) is 20.3 Å². The number of carbonyl (C=O) groups excluding carboxylic acids is 1. The number of piperidine rings is 1. The van der Waals surface area contributed by atoms with Gasteiger partial charge in [0.05, 0.1) is 0 Å². The second-order valence-electron chi connectivity index (χ2n) is 3.44. The highest BCUT2D eigenvalue weighted by atomic mass is 19.4. The summed E-state index contributed by atoms with van der Waals surface area (Å²) in [4.78, 5) is 10.4. The van der Waals surface area contributed by atoms with Crippen molar-refractivity contribution in [2.45, 2.75) is 31.2 Å². The molecule has 0 saturated carbocycles. The zero-order valence-corrected chi connectivity index (χ0v) is 7.78. The Morgan fingerprint density at radius 3 is 1.80 bits per heavy atom. The fourth-order valence-corrected chi connectivity index (χ4v) is 1.62. The molecule has 0 N–H and O–H groups in total. The largest absolute Gasteiger partial charge is 0.447 e. The molecule has 1 aliphatic heterocycles. The summed E-state index contributed by atoms with van der Waals surface area (Å²) in [6.45, 7) is -0.517. The van der Waals surface area contributed by atoms with Gasteiger partial charge in [0.25, 0.3) is 0 Å². The Kier molecular flexibility index (Phi) is 3.32. The molecule has 0 bridgehead atoms. The Bertz CT molecular complexity index is 248. The van der Waals surface area contributed by atoms with Crippen LogP contribution in [0.5, 0.6) is 0 Å². The molecule has 0 aliphatic carbocycles. The Morgan fingerprint density at radius 1 is 1.00 bits per heavy atom. The van der Waals surface area contributed by atoms with Crippen LogP contribution >= 0.6 is 0 Å². The van der Waals surface area contributed by atoms with Gasteiger partial charge in [-0.25, -0.2) is 4.39 Å². The predicted molar refractivity (Wildman–Crippen MR) is 41.4 cm³/mol. The molecule has 0 spiro atoms. The molecule has 88 valence electrons. The van der Waals surface area contributed by atoms with Gasteiger partial charge in [-0.2, -0.15) is 17.6 Å². The number of carbonyl (C=O) groups is 1. The van der Waals surface area contributed by atoms with E-state index in [4.69, 9.17) is 0 Å². The molecule has 1 fully saturated rings. The fourth-order valence-electron chi connectivity index (χ4n) is 1.62. The van der Waals surface area contributed by atoms with Crippen LogP contribution in [-0.4, -0.2) is 36.0 Å². The minimum absolute atomic E-state index is 0.221. The van der Waals surface area contributed by atoms with Gasteiger partial charge in [0.15, 0.2) is 0 Å². The summed E-state index contributed by atoms with van der Waals surface area (Å²) in [6, 6.07) is -2.99. The summed E-state index contributed by atoms with van der Waals surface area (Å²) in [6.07, 6.45) is -4.22. The third-order valence-corrected chi connectivity index (χ3v) is 2.43. The lowest BCUT2D eigenvalue weighted by Crippen LogP contribution is -2.61. The van der Waals surface area contributed by atoms with E-state index in [9.17, 15) is 26.7 Å². The highest BCUT2D eigenvalue weighted by Gasteiger charge is 2.66. The molecule has 0 aromatic heterocycles. The van der Waals surface area contributed by atoms with Gasteiger partial charge >= 0.3 is 18.0 Å². The Labute approximate surface area is 83.0 Å². The second kappa shape index (κ2) is 4.03. The monoisotopic (exact) mass is 231 g/mol. The minimum atomic E-state index is -5.53. The predicted octanol–water partition coefficient (Wildman–Crippen LogP) is 2.20. The normalized spacial score (nSPS) is 23.5. The van der Waals surface area contributed by atoms with Crippen LogP contribution in [0.2, 0.25) is 0 Å². The molecule has 1 atom stereocenters. The SMILES string of the molecule is O=C(F)C(F)(N1CCCCC1)C(F)(F)F. The lowest BCUT2D eigenvalue weighted by Gasteiger charge is -2.37. The van der Waals surface area contributed by atoms with Crippen molar-refractivity contribution in [3.05, 3.63) is 0 Å². The van der Waals surface area contributed by atoms with Crippen LogP contribution in [0.15, 0.2) is 0 Å². The van der Waals surface area contributed by atoms with Crippen LogP contribution in [0.25, 0.3) is 0 Å². The zero-order chi connectivity index (χ0) is 11.7. The highest BCUT2D eigenvalue weighted by molar-refractivity contribution is 5.78. The van der Waals surface area contributed by atoms with E-state index >= 15 is 0 Å². The molecular formula is C8H10F5NO. The van der Waals surface area contributed by atoms with Crippen LogP contribution in [0.3, 0.4) is 0 Å². The van der Waals surface area contributed by atoms with Gasteiger partial charge in [-0.3, -0.25) is 9.69 Å². The molecule has 1 heterocycles. The van der Waals surface area contributed by atoms with Crippen LogP contribution < -0.4 is 0 Å². The molecule has 0 radical (unpaired) electrons. The van der Waals surface area contributed by atoms with E-state index in [2.05, 4.69) is 0 Å². The molecule has 0 amide bonds. The maximum atomic E-state index is 13.4. The van der Waals surface area contributed by atoms with E-state index in [0.717, 1.165) is 0 Å². The van der Waals surface area contributed by atoms with Gasteiger partial charge in [-0.1, -0.05) is 6.42 Å². The van der Waals surface area contributed by atoms with E-state index in [1.165, 1.54) is 0 Å². The summed E-state index contributed by atoms with van der Waals surface area (Å²) in [5, 5.41) is 0. The first-order valence-corrected chi connectivity index (χ1v) is 4.51. The van der Waals surface area contributed by atoms with Crippen molar-refractivity contribution < 1.29 is 26.7 Å². The molecular weight excluding hydrogens is 221 g/mol. The van der Waals surface area contributed by atoms with Crippen molar-refractivity contribution in [1.29, 1.82) is 0 Å². The number of halogens is 5. The lowest BCUT2D eigenvalue weighted by molar-refractivity contribution is -0.278. The number of nitrogens with zero attached hydrogens (tertiary/aromatic N) is 1. The summed E-state index contributed by atoms with van der Waals surface area (Å²) < 4.78 is 62.4. The summed E-state index contributed by atoms with van der Waals surface area (Å²) in [7, 11) is 0. The Morgan fingerprint density at radius 2 is 1.47 bits per heavy atom. The number of hydrogen-bond donors (Lipinski definition) is 0. The number of alkyl halides is 4.